The molecule has 1 aromatic carbocycles. The summed E-state index contributed by atoms with van der Waals surface area (Å²) in [4.78, 5) is 10.9. The number of aliphatic carboxylic acids is 1. The Morgan fingerprint density at radius 2 is 1.88 bits per heavy atom. The summed E-state index contributed by atoms with van der Waals surface area (Å²) in [6.45, 7) is 4.15. The second kappa shape index (κ2) is 6.28. The summed E-state index contributed by atoms with van der Waals surface area (Å²) in [5.74, 6) is 0.131. The Kier molecular flexibility index (Phi) is 5.01. The Hall–Kier alpha value is -1.51. The smallest absolute Gasteiger partial charge is 0.309 e. The largest absolute Gasteiger partial charge is 0.494 e. The Labute approximate surface area is 102 Å². The number of rotatable bonds is 7. The summed E-state index contributed by atoms with van der Waals surface area (Å²) in [5.41, 5.74) is -0.632. The minimum Gasteiger partial charge on any atom is -0.494 e. The van der Waals surface area contributed by atoms with Crippen molar-refractivity contribution in [2.45, 2.75) is 33.1 Å². The predicted molar refractivity (Wildman–Crippen MR) is 67.2 cm³/mol. The molecule has 1 aromatic rings. The third-order valence-corrected chi connectivity index (χ3v) is 2.79. The van der Waals surface area contributed by atoms with Crippen LogP contribution in [-0.2, 0) is 4.79 Å². The Morgan fingerprint density at radius 1 is 1.24 bits per heavy atom. The Bertz CT molecular complexity index is 344. The van der Waals surface area contributed by atoms with E-state index in [9.17, 15) is 4.79 Å². The van der Waals surface area contributed by atoms with E-state index < -0.39 is 11.4 Å². The van der Waals surface area contributed by atoms with Crippen molar-refractivity contribution in [3.8, 4) is 5.75 Å². The van der Waals surface area contributed by atoms with E-state index in [4.69, 9.17) is 9.84 Å². The van der Waals surface area contributed by atoms with Crippen molar-refractivity contribution < 1.29 is 14.6 Å². The van der Waals surface area contributed by atoms with Gasteiger partial charge in [0.25, 0.3) is 0 Å². The number of carboxylic acid groups (broad SMARTS) is 1. The molecular weight excluding hydrogens is 216 g/mol. The molecule has 0 spiro atoms. The SMILES string of the molecule is CC(C)(CCCCOc1ccccc1)C(=O)O. The average molecular weight is 236 g/mol. The topological polar surface area (TPSA) is 46.5 Å². The highest BCUT2D eigenvalue weighted by Gasteiger charge is 2.25. The molecule has 1 rings (SSSR count). The molecule has 0 amide bonds. The fourth-order valence-corrected chi connectivity index (χ4v) is 1.48. The number of benzene rings is 1. The molecule has 0 aliphatic heterocycles. The first-order chi connectivity index (χ1) is 8.02. The van der Waals surface area contributed by atoms with E-state index in [-0.39, 0.29) is 0 Å². The van der Waals surface area contributed by atoms with Crippen LogP contribution in [0.2, 0.25) is 0 Å². The monoisotopic (exact) mass is 236 g/mol. The summed E-state index contributed by atoms with van der Waals surface area (Å²) < 4.78 is 5.53. The maximum atomic E-state index is 10.9. The van der Waals surface area contributed by atoms with Gasteiger partial charge in [-0.25, -0.2) is 0 Å². The van der Waals surface area contributed by atoms with E-state index in [2.05, 4.69) is 0 Å². The van der Waals surface area contributed by atoms with Crippen LogP contribution in [0.3, 0.4) is 0 Å². The number of unbranched alkanes of at least 4 members (excludes halogenated alkanes) is 1. The number of carbonyl (C=O) groups is 1. The highest BCUT2D eigenvalue weighted by molar-refractivity contribution is 5.73. The first-order valence-corrected chi connectivity index (χ1v) is 5.93. The molecule has 3 nitrogen and oxygen atoms in total. The van der Waals surface area contributed by atoms with Crippen molar-refractivity contribution in [1.29, 1.82) is 0 Å². The van der Waals surface area contributed by atoms with Gasteiger partial charge in [-0.3, -0.25) is 4.79 Å². The fourth-order valence-electron chi connectivity index (χ4n) is 1.48. The van der Waals surface area contributed by atoms with E-state index in [0.717, 1.165) is 18.6 Å². The summed E-state index contributed by atoms with van der Waals surface area (Å²) in [6.07, 6.45) is 2.43. The van der Waals surface area contributed by atoms with Crippen LogP contribution in [0.25, 0.3) is 0 Å². The Balaban J connectivity index is 2.15. The van der Waals surface area contributed by atoms with E-state index in [1.807, 2.05) is 30.3 Å². The number of hydrogen-bond acceptors (Lipinski definition) is 2. The molecule has 94 valence electrons. The van der Waals surface area contributed by atoms with Crippen LogP contribution in [0.5, 0.6) is 5.75 Å². The second-order valence-electron chi connectivity index (χ2n) is 4.81. The molecule has 0 aromatic heterocycles. The molecular formula is C14H20O3. The van der Waals surface area contributed by atoms with E-state index in [1.165, 1.54) is 0 Å². The molecule has 0 radical (unpaired) electrons. The fraction of sp³-hybridized carbons (Fsp3) is 0.500. The van der Waals surface area contributed by atoms with Crippen molar-refractivity contribution in [2.75, 3.05) is 6.61 Å². The molecule has 0 heterocycles. The lowest BCUT2D eigenvalue weighted by Crippen LogP contribution is -2.23. The zero-order chi connectivity index (χ0) is 12.7. The zero-order valence-electron chi connectivity index (χ0n) is 10.5. The lowest BCUT2D eigenvalue weighted by molar-refractivity contribution is -0.147. The highest BCUT2D eigenvalue weighted by atomic mass is 16.5. The van der Waals surface area contributed by atoms with Crippen LogP contribution in [0, 0.1) is 5.41 Å². The summed E-state index contributed by atoms with van der Waals surface area (Å²) >= 11 is 0. The van der Waals surface area contributed by atoms with Gasteiger partial charge >= 0.3 is 5.97 Å². The van der Waals surface area contributed by atoms with Gasteiger partial charge in [0, 0.05) is 0 Å². The number of hydrogen-bond donors (Lipinski definition) is 1. The standard InChI is InChI=1S/C14H20O3/c1-14(2,13(15)16)10-6-7-11-17-12-8-4-3-5-9-12/h3-5,8-9H,6-7,10-11H2,1-2H3,(H,15,16). The van der Waals surface area contributed by atoms with Crippen LogP contribution in [0.4, 0.5) is 0 Å². The highest BCUT2D eigenvalue weighted by Crippen LogP contribution is 2.23. The number of para-hydroxylation sites is 1. The molecule has 0 aliphatic carbocycles. The molecule has 1 N–H and O–H groups in total. The predicted octanol–water partition coefficient (Wildman–Crippen LogP) is 3.35. The van der Waals surface area contributed by atoms with Gasteiger partial charge in [-0.1, -0.05) is 18.2 Å². The van der Waals surface area contributed by atoms with Crippen LogP contribution in [0.15, 0.2) is 30.3 Å². The van der Waals surface area contributed by atoms with Crippen molar-refractivity contribution in [3.05, 3.63) is 30.3 Å². The third kappa shape index (κ3) is 4.89. The number of carboxylic acids is 1. The molecule has 3 heteroatoms. The van der Waals surface area contributed by atoms with Gasteiger partial charge in [-0.05, 0) is 45.2 Å². The van der Waals surface area contributed by atoms with Crippen molar-refractivity contribution in [1.82, 2.24) is 0 Å². The van der Waals surface area contributed by atoms with Crippen molar-refractivity contribution >= 4 is 5.97 Å². The number of ether oxygens (including phenoxy) is 1. The third-order valence-electron chi connectivity index (χ3n) is 2.79. The minimum atomic E-state index is -0.735. The van der Waals surface area contributed by atoms with Gasteiger partial charge in [0.1, 0.15) is 5.75 Å². The van der Waals surface area contributed by atoms with E-state index >= 15 is 0 Å². The van der Waals surface area contributed by atoms with Crippen LogP contribution >= 0.6 is 0 Å². The van der Waals surface area contributed by atoms with Gasteiger partial charge in [0.05, 0.1) is 12.0 Å². The van der Waals surface area contributed by atoms with Crippen molar-refractivity contribution in [3.63, 3.8) is 0 Å². The maximum Gasteiger partial charge on any atom is 0.309 e. The first-order valence-electron chi connectivity index (χ1n) is 5.93. The normalized spacial score (nSPS) is 11.2. The molecule has 0 unspecified atom stereocenters. The summed E-state index contributed by atoms with van der Waals surface area (Å²) in [6, 6.07) is 9.65. The van der Waals surface area contributed by atoms with Gasteiger partial charge in [0.2, 0.25) is 0 Å². The molecule has 17 heavy (non-hydrogen) atoms. The van der Waals surface area contributed by atoms with Crippen LogP contribution in [-0.4, -0.2) is 17.7 Å². The maximum absolute atomic E-state index is 10.9. The molecule has 0 saturated carbocycles. The molecule has 0 atom stereocenters. The molecule has 0 saturated heterocycles. The van der Waals surface area contributed by atoms with E-state index in [0.29, 0.717) is 13.0 Å². The van der Waals surface area contributed by atoms with Crippen LogP contribution < -0.4 is 4.74 Å². The quantitative estimate of drug-likeness (QED) is 0.738. The molecule has 0 aliphatic rings. The van der Waals surface area contributed by atoms with Crippen molar-refractivity contribution in [2.24, 2.45) is 5.41 Å². The lowest BCUT2D eigenvalue weighted by Gasteiger charge is -2.18. The minimum absolute atomic E-state index is 0.632. The van der Waals surface area contributed by atoms with Gasteiger partial charge in [-0.15, -0.1) is 0 Å². The molecule has 0 bridgehead atoms. The first kappa shape index (κ1) is 13.6. The summed E-state index contributed by atoms with van der Waals surface area (Å²) in [7, 11) is 0. The summed E-state index contributed by atoms with van der Waals surface area (Å²) in [5, 5.41) is 8.94. The second-order valence-corrected chi connectivity index (χ2v) is 4.81. The van der Waals surface area contributed by atoms with Gasteiger partial charge in [0.15, 0.2) is 0 Å². The van der Waals surface area contributed by atoms with E-state index in [1.54, 1.807) is 13.8 Å². The van der Waals surface area contributed by atoms with Gasteiger partial charge < -0.3 is 9.84 Å². The zero-order valence-corrected chi connectivity index (χ0v) is 10.5. The lowest BCUT2D eigenvalue weighted by atomic mass is 9.87. The Morgan fingerprint density at radius 3 is 2.47 bits per heavy atom. The van der Waals surface area contributed by atoms with Crippen LogP contribution in [0.1, 0.15) is 33.1 Å². The average Bonchev–Trinajstić information content (AvgIpc) is 2.29. The van der Waals surface area contributed by atoms with Gasteiger partial charge in [-0.2, -0.15) is 0 Å². The molecule has 0 fully saturated rings.